The Morgan fingerprint density at radius 3 is 2.65 bits per heavy atom. The zero-order valence-corrected chi connectivity index (χ0v) is 12.1. The number of aryl methyl sites for hydroxylation is 2. The molecule has 0 aromatic heterocycles. The fourth-order valence-corrected chi connectivity index (χ4v) is 2.25. The first-order valence-corrected chi connectivity index (χ1v) is 6.59. The van der Waals surface area contributed by atoms with Crippen molar-refractivity contribution in [2.24, 2.45) is 0 Å². The average molecular weight is 291 g/mol. The number of anilines is 1. The normalized spacial score (nSPS) is 10.3. The Hall–Kier alpha value is -2.07. The molecule has 1 N–H and O–H groups in total. The number of nitrogens with one attached hydrogen (secondary N) is 1. The number of nitro benzene ring substituents is 1. The highest BCUT2D eigenvalue weighted by Gasteiger charge is 2.14. The minimum absolute atomic E-state index is 0.0646. The van der Waals surface area contributed by atoms with Crippen molar-refractivity contribution in [2.75, 3.05) is 5.32 Å². The number of halogens is 1. The Balaban J connectivity index is 2.18. The standard InChI is InChI=1S/C15H15ClN2O2/c1-10-4-3-5-12(6-10)9-17-14-8-13(16)15(18(19)20)7-11(14)2/h3-8,17H,9H2,1-2H3. The van der Waals surface area contributed by atoms with E-state index in [-0.39, 0.29) is 10.7 Å². The van der Waals surface area contributed by atoms with Crippen molar-refractivity contribution in [2.45, 2.75) is 20.4 Å². The molecule has 5 heteroatoms. The molecule has 0 heterocycles. The van der Waals surface area contributed by atoms with E-state index in [1.165, 1.54) is 11.6 Å². The SMILES string of the molecule is Cc1cccc(CNc2cc(Cl)c([N+](=O)[O-])cc2C)c1. The van der Waals surface area contributed by atoms with E-state index in [0.29, 0.717) is 6.54 Å². The molecular weight excluding hydrogens is 276 g/mol. The first-order chi connectivity index (χ1) is 9.47. The summed E-state index contributed by atoms with van der Waals surface area (Å²) in [7, 11) is 0. The van der Waals surface area contributed by atoms with Crippen molar-refractivity contribution in [1.82, 2.24) is 0 Å². The van der Waals surface area contributed by atoms with Gasteiger partial charge in [0.2, 0.25) is 0 Å². The van der Waals surface area contributed by atoms with Gasteiger partial charge in [0, 0.05) is 18.3 Å². The molecule has 0 unspecified atom stereocenters. The maximum atomic E-state index is 10.8. The van der Waals surface area contributed by atoms with Crippen LogP contribution in [0.25, 0.3) is 0 Å². The first kappa shape index (κ1) is 14.3. The van der Waals surface area contributed by atoms with Crippen LogP contribution in [0.4, 0.5) is 11.4 Å². The van der Waals surface area contributed by atoms with Crippen LogP contribution in [0.3, 0.4) is 0 Å². The zero-order chi connectivity index (χ0) is 14.7. The lowest BCUT2D eigenvalue weighted by Gasteiger charge is -2.11. The van der Waals surface area contributed by atoms with Crippen LogP contribution in [0, 0.1) is 24.0 Å². The van der Waals surface area contributed by atoms with Gasteiger partial charge in [0.25, 0.3) is 5.69 Å². The van der Waals surface area contributed by atoms with E-state index in [9.17, 15) is 10.1 Å². The van der Waals surface area contributed by atoms with Crippen molar-refractivity contribution in [1.29, 1.82) is 0 Å². The van der Waals surface area contributed by atoms with Crippen molar-refractivity contribution in [3.8, 4) is 0 Å². The summed E-state index contributed by atoms with van der Waals surface area (Å²) in [5.41, 5.74) is 3.89. The Morgan fingerprint density at radius 2 is 2.00 bits per heavy atom. The third-order valence-corrected chi connectivity index (χ3v) is 3.36. The van der Waals surface area contributed by atoms with Crippen molar-refractivity contribution >= 4 is 23.0 Å². The maximum Gasteiger partial charge on any atom is 0.288 e. The Kier molecular flexibility index (Phi) is 4.25. The van der Waals surface area contributed by atoms with E-state index >= 15 is 0 Å². The molecule has 0 amide bonds. The monoisotopic (exact) mass is 290 g/mol. The zero-order valence-electron chi connectivity index (χ0n) is 11.3. The summed E-state index contributed by atoms with van der Waals surface area (Å²) in [4.78, 5) is 10.3. The van der Waals surface area contributed by atoms with Crippen LogP contribution in [-0.4, -0.2) is 4.92 Å². The van der Waals surface area contributed by atoms with Crippen LogP contribution in [0.1, 0.15) is 16.7 Å². The fourth-order valence-electron chi connectivity index (χ4n) is 2.02. The molecule has 4 nitrogen and oxygen atoms in total. The van der Waals surface area contributed by atoms with Gasteiger partial charge in [0.15, 0.2) is 0 Å². The summed E-state index contributed by atoms with van der Waals surface area (Å²) in [5, 5.41) is 14.2. The molecule has 0 saturated heterocycles. The molecule has 0 radical (unpaired) electrons. The molecule has 0 atom stereocenters. The molecule has 0 aliphatic heterocycles. The molecule has 0 bridgehead atoms. The Bertz CT molecular complexity index is 656. The highest BCUT2D eigenvalue weighted by Crippen LogP contribution is 2.30. The minimum Gasteiger partial charge on any atom is -0.381 e. The molecule has 0 aliphatic carbocycles. The molecular formula is C15H15ClN2O2. The molecule has 2 rings (SSSR count). The third kappa shape index (κ3) is 3.27. The molecule has 104 valence electrons. The predicted octanol–water partition coefficient (Wildman–Crippen LogP) is 4.48. The molecule has 0 spiro atoms. The quantitative estimate of drug-likeness (QED) is 0.667. The number of hydrogen-bond donors (Lipinski definition) is 1. The lowest BCUT2D eigenvalue weighted by atomic mass is 10.1. The summed E-state index contributed by atoms with van der Waals surface area (Å²) in [6, 6.07) is 11.3. The van der Waals surface area contributed by atoms with Gasteiger partial charge in [-0.15, -0.1) is 0 Å². The smallest absolute Gasteiger partial charge is 0.288 e. The summed E-state index contributed by atoms with van der Waals surface area (Å²) in [6.45, 7) is 4.51. The van der Waals surface area contributed by atoms with Crippen molar-refractivity contribution in [3.05, 3.63) is 68.2 Å². The highest BCUT2D eigenvalue weighted by molar-refractivity contribution is 6.33. The van der Waals surface area contributed by atoms with Crippen LogP contribution in [0.15, 0.2) is 36.4 Å². The second kappa shape index (κ2) is 5.92. The van der Waals surface area contributed by atoms with Gasteiger partial charge in [-0.3, -0.25) is 10.1 Å². The van der Waals surface area contributed by atoms with Gasteiger partial charge in [-0.2, -0.15) is 0 Å². The number of hydrogen-bond acceptors (Lipinski definition) is 3. The summed E-state index contributed by atoms with van der Waals surface area (Å²) < 4.78 is 0. The van der Waals surface area contributed by atoms with E-state index in [1.807, 2.05) is 32.0 Å². The van der Waals surface area contributed by atoms with Crippen LogP contribution in [0.2, 0.25) is 5.02 Å². The first-order valence-electron chi connectivity index (χ1n) is 6.21. The number of nitrogens with zero attached hydrogens (tertiary/aromatic N) is 1. The van der Waals surface area contributed by atoms with E-state index in [1.54, 1.807) is 6.07 Å². The summed E-state index contributed by atoms with van der Waals surface area (Å²) in [5.74, 6) is 0. The Labute approximate surface area is 122 Å². The van der Waals surface area contributed by atoms with Crippen molar-refractivity contribution < 1.29 is 4.92 Å². The lowest BCUT2D eigenvalue weighted by molar-refractivity contribution is -0.384. The van der Waals surface area contributed by atoms with Gasteiger partial charge < -0.3 is 5.32 Å². The Morgan fingerprint density at radius 1 is 1.25 bits per heavy atom. The van der Waals surface area contributed by atoms with Crippen LogP contribution >= 0.6 is 11.6 Å². The summed E-state index contributed by atoms with van der Waals surface area (Å²) in [6.07, 6.45) is 0. The van der Waals surface area contributed by atoms with Gasteiger partial charge in [-0.25, -0.2) is 0 Å². The maximum absolute atomic E-state index is 10.8. The van der Waals surface area contributed by atoms with E-state index < -0.39 is 4.92 Å². The molecule has 0 saturated carbocycles. The molecule has 20 heavy (non-hydrogen) atoms. The van der Waals surface area contributed by atoms with Gasteiger partial charge in [0.05, 0.1) is 4.92 Å². The predicted molar refractivity (Wildman–Crippen MR) is 81.3 cm³/mol. The number of rotatable bonds is 4. The molecule has 2 aromatic rings. The minimum atomic E-state index is -0.473. The molecule has 0 fully saturated rings. The number of benzene rings is 2. The van der Waals surface area contributed by atoms with Crippen LogP contribution in [0.5, 0.6) is 0 Å². The van der Waals surface area contributed by atoms with E-state index in [4.69, 9.17) is 11.6 Å². The molecule has 0 aliphatic rings. The van der Waals surface area contributed by atoms with Gasteiger partial charge >= 0.3 is 0 Å². The van der Waals surface area contributed by atoms with E-state index in [0.717, 1.165) is 16.8 Å². The second-order valence-electron chi connectivity index (χ2n) is 4.72. The highest BCUT2D eigenvalue weighted by atomic mass is 35.5. The van der Waals surface area contributed by atoms with E-state index in [2.05, 4.69) is 11.4 Å². The van der Waals surface area contributed by atoms with Gasteiger partial charge in [0.1, 0.15) is 5.02 Å². The van der Waals surface area contributed by atoms with Gasteiger partial charge in [-0.05, 0) is 31.0 Å². The lowest BCUT2D eigenvalue weighted by Crippen LogP contribution is -2.02. The van der Waals surface area contributed by atoms with Crippen LogP contribution in [-0.2, 0) is 6.54 Å². The topological polar surface area (TPSA) is 55.2 Å². The third-order valence-electron chi connectivity index (χ3n) is 3.06. The fraction of sp³-hybridized carbons (Fsp3) is 0.200. The largest absolute Gasteiger partial charge is 0.381 e. The second-order valence-corrected chi connectivity index (χ2v) is 5.13. The van der Waals surface area contributed by atoms with Gasteiger partial charge in [-0.1, -0.05) is 41.4 Å². The van der Waals surface area contributed by atoms with Crippen LogP contribution < -0.4 is 5.32 Å². The molecule has 2 aromatic carbocycles. The number of nitro groups is 1. The summed E-state index contributed by atoms with van der Waals surface area (Å²) >= 11 is 5.92. The van der Waals surface area contributed by atoms with Crippen molar-refractivity contribution in [3.63, 3.8) is 0 Å². The average Bonchev–Trinajstić information content (AvgIpc) is 2.39.